The maximum Gasteiger partial charge on any atom is 0.343 e. The van der Waals surface area contributed by atoms with Crippen LogP contribution in [0.4, 0.5) is 0 Å². The Morgan fingerprint density at radius 1 is 0.833 bits per heavy atom. The molecule has 0 fully saturated rings. The summed E-state index contributed by atoms with van der Waals surface area (Å²) in [6.45, 7) is 3.51. The van der Waals surface area contributed by atoms with Crippen molar-refractivity contribution in [3.8, 4) is 11.5 Å². The molecule has 0 aromatic heterocycles. The Bertz CT molecular complexity index is 672. The molecule has 4 nitrogen and oxygen atoms in total. The molecule has 2 rings (SSSR count). The fraction of sp³-hybridized carbons (Fsp3) is 0.300. The molecule has 0 atom stereocenters. The molecule has 0 aliphatic heterocycles. The van der Waals surface area contributed by atoms with Gasteiger partial charge in [-0.25, -0.2) is 4.79 Å². The molecule has 2 aromatic rings. The lowest BCUT2D eigenvalue weighted by Crippen LogP contribution is -2.08. The first kappa shape index (κ1) is 17.7. The van der Waals surface area contributed by atoms with E-state index in [4.69, 9.17) is 9.47 Å². The van der Waals surface area contributed by atoms with Crippen LogP contribution < -0.4 is 9.47 Å². The van der Waals surface area contributed by atoms with Gasteiger partial charge < -0.3 is 9.47 Å². The molecule has 24 heavy (non-hydrogen) atoms. The number of carbonyl (C=O) groups is 2. The first-order chi connectivity index (χ1) is 11.6. The van der Waals surface area contributed by atoms with Crippen molar-refractivity contribution in [2.24, 2.45) is 0 Å². The Balaban J connectivity index is 1.93. The maximum absolute atomic E-state index is 12.1. The van der Waals surface area contributed by atoms with Crippen LogP contribution in [0.3, 0.4) is 0 Å². The number of ether oxygens (including phenoxy) is 2. The van der Waals surface area contributed by atoms with Gasteiger partial charge in [0, 0.05) is 6.92 Å². The molecule has 0 N–H and O–H groups in total. The fourth-order valence-electron chi connectivity index (χ4n) is 2.29. The first-order valence-electron chi connectivity index (χ1n) is 8.18. The van der Waals surface area contributed by atoms with Crippen molar-refractivity contribution >= 4 is 11.9 Å². The zero-order chi connectivity index (χ0) is 17.4. The van der Waals surface area contributed by atoms with Crippen LogP contribution in [0.1, 0.15) is 49.0 Å². The highest BCUT2D eigenvalue weighted by Gasteiger charge is 2.09. The van der Waals surface area contributed by atoms with Crippen molar-refractivity contribution in [3.05, 3.63) is 59.7 Å². The molecule has 0 radical (unpaired) electrons. The molecule has 0 unspecified atom stereocenters. The summed E-state index contributed by atoms with van der Waals surface area (Å²) in [7, 11) is 0. The quantitative estimate of drug-likeness (QED) is 0.425. The predicted molar refractivity (Wildman–Crippen MR) is 92.4 cm³/mol. The highest BCUT2D eigenvalue weighted by Crippen LogP contribution is 2.19. The van der Waals surface area contributed by atoms with Crippen LogP contribution in [-0.2, 0) is 11.2 Å². The zero-order valence-electron chi connectivity index (χ0n) is 14.1. The summed E-state index contributed by atoms with van der Waals surface area (Å²) in [5.74, 6) is 0.0239. The molecular weight excluding hydrogens is 304 g/mol. The van der Waals surface area contributed by atoms with Gasteiger partial charge in [-0.05, 0) is 54.8 Å². The standard InChI is InChI=1S/C20H22O4/c1-3-4-5-6-16-7-9-17(10-8-16)20(22)24-19-13-11-18(12-14-19)23-15(2)21/h7-14H,3-6H2,1-2H3. The Labute approximate surface area is 142 Å². The van der Waals surface area contributed by atoms with Gasteiger partial charge in [0.25, 0.3) is 0 Å². The zero-order valence-corrected chi connectivity index (χ0v) is 14.1. The highest BCUT2D eigenvalue weighted by molar-refractivity contribution is 5.91. The summed E-state index contributed by atoms with van der Waals surface area (Å²) in [6.07, 6.45) is 4.60. The van der Waals surface area contributed by atoms with Gasteiger partial charge in [0.1, 0.15) is 11.5 Å². The van der Waals surface area contributed by atoms with Crippen molar-refractivity contribution in [3.63, 3.8) is 0 Å². The second kappa shape index (κ2) is 8.87. The van der Waals surface area contributed by atoms with E-state index in [0.29, 0.717) is 17.1 Å². The number of hydrogen-bond acceptors (Lipinski definition) is 4. The Morgan fingerprint density at radius 2 is 1.42 bits per heavy atom. The summed E-state index contributed by atoms with van der Waals surface area (Å²) >= 11 is 0. The van der Waals surface area contributed by atoms with Gasteiger partial charge in [0.05, 0.1) is 5.56 Å². The number of carbonyl (C=O) groups excluding carboxylic acids is 2. The van der Waals surface area contributed by atoms with Gasteiger partial charge >= 0.3 is 11.9 Å². The number of hydrogen-bond donors (Lipinski definition) is 0. The third kappa shape index (κ3) is 5.54. The van der Waals surface area contributed by atoms with E-state index in [0.717, 1.165) is 12.8 Å². The summed E-state index contributed by atoms with van der Waals surface area (Å²) in [6, 6.07) is 13.9. The average molecular weight is 326 g/mol. The van der Waals surface area contributed by atoms with Crippen molar-refractivity contribution in [1.82, 2.24) is 0 Å². The minimum atomic E-state index is -0.407. The third-order valence-electron chi connectivity index (χ3n) is 3.55. The van der Waals surface area contributed by atoms with Crippen LogP contribution in [0.25, 0.3) is 0 Å². The molecule has 0 aliphatic rings. The second-order valence-electron chi connectivity index (χ2n) is 5.61. The lowest BCUT2D eigenvalue weighted by molar-refractivity contribution is -0.131. The number of benzene rings is 2. The Morgan fingerprint density at radius 3 is 1.96 bits per heavy atom. The van der Waals surface area contributed by atoms with Crippen molar-refractivity contribution < 1.29 is 19.1 Å². The topological polar surface area (TPSA) is 52.6 Å². The SMILES string of the molecule is CCCCCc1ccc(C(=O)Oc2ccc(OC(C)=O)cc2)cc1. The number of aryl methyl sites for hydroxylation is 1. The molecule has 126 valence electrons. The molecule has 0 aliphatic carbocycles. The third-order valence-corrected chi connectivity index (χ3v) is 3.55. The monoisotopic (exact) mass is 326 g/mol. The van der Waals surface area contributed by atoms with E-state index in [1.54, 1.807) is 36.4 Å². The predicted octanol–water partition coefficient (Wildman–Crippen LogP) is 4.56. The molecule has 0 amide bonds. The second-order valence-corrected chi connectivity index (χ2v) is 5.61. The van der Waals surface area contributed by atoms with E-state index in [1.165, 1.54) is 25.3 Å². The molecular formula is C20H22O4. The van der Waals surface area contributed by atoms with Gasteiger partial charge in [-0.15, -0.1) is 0 Å². The number of rotatable bonds is 7. The maximum atomic E-state index is 12.1. The van der Waals surface area contributed by atoms with Crippen LogP contribution in [0.2, 0.25) is 0 Å². The van der Waals surface area contributed by atoms with Gasteiger partial charge in [0.2, 0.25) is 0 Å². The minimum absolute atomic E-state index is 0.390. The van der Waals surface area contributed by atoms with Crippen molar-refractivity contribution in [2.45, 2.75) is 39.5 Å². The molecule has 0 spiro atoms. The Hall–Kier alpha value is -2.62. The lowest BCUT2D eigenvalue weighted by atomic mass is 10.1. The van der Waals surface area contributed by atoms with Crippen LogP contribution >= 0.6 is 0 Å². The van der Waals surface area contributed by atoms with E-state index in [-0.39, 0.29) is 0 Å². The summed E-state index contributed by atoms with van der Waals surface area (Å²) in [5, 5.41) is 0. The van der Waals surface area contributed by atoms with E-state index in [2.05, 4.69) is 6.92 Å². The van der Waals surface area contributed by atoms with Gasteiger partial charge in [-0.3, -0.25) is 4.79 Å². The molecule has 4 heteroatoms. The van der Waals surface area contributed by atoms with Gasteiger partial charge in [-0.2, -0.15) is 0 Å². The van der Waals surface area contributed by atoms with Crippen LogP contribution in [-0.4, -0.2) is 11.9 Å². The number of esters is 2. The largest absolute Gasteiger partial charge is 0.427 e. The Kier molecular flexibility index (Phi) is 6.55. The first-order valence-corrected chi connectivity index (χ1v) is 8.18. The van der Waals surface area contributed by atoms with Gasteiger partial charge in [-0.1, -0.05) is 31.9 Å². The van der Waals surface area contributed by atoms with Crippen LogP contribution in [0.5, 0.6) is 11.5 Å². The molecule has 0 bridgehead atoms. The summed E-state index contributed by atoms with van der Waals surface area (Å²) in [4.78, 5) is 23.0. The summed E-state index contributed by atoms with van der Waals surface area (Å²) < 4.78 is 10.3. The van der Waals surface area contributed by atoms with E-state index in [1.807, 2.05) is 12.1 Å². The summed E-state index contributed by atoms with van der Waals surface area (Å²) in [5.41, 5.74) is 1.74. The van der Waals surface area contributed by atoms with Crippen LogP contribution in [0.15, 0.2) is 48.5 Å². The van der Waals surface area contributed by atoms with Gasteiger partial charge in [0.15, 0.2) is 0 Å². The van der Waals surface area contributed by atoms with E-state index in [9.17, 15) is 9.59 Å². The minimum Gasteiger partial charge on any atom is -0.427 e. The lowest BCUT2D eigenvalue weighted by Gasteiger charge is -2.07. The average Bonchev–Trinajstić information content (AvgIpc) is 2.57. The van der Waals surface area contributed by atoms with Crippen LogP contribution in [0, 0.1) is 0 Å². The molecule has 0 heterocycles. The van der Waals surface area contributed by atoms with Crippen molar-refractivity contribution in [1.29, 1.82) is 0 Å². The van der Waals surface area contributed by atoms with E-state index < -0.39 is 11.9 Å². The van der Waals surface area contributed by atoms with E-state index >= 15 is 0 Å². The normalized spacial score (nSPS) is 10.2. The molecule has 0 saturated heterocycles. The van der Waals surface area contributed by atoms with Crippen molar-refractivity contribution in [2.75, 3.05) is 0 Å². The molecule has 2 aromatic carbocycles. The highest BCUT2D eigenvalue weighted by atomic mass is 16.5. The smallest absolute Gasteiger partial charge is 0.343 e. The fourth-order valence-corrected chi connectivity index (χ4v) is 2.29. The number of unbranched alkanes of at least 4 members (excludes halogenated alkanes) is 2. The molecule has 0 saturated carbocycles.